The van der Waals surface area contributed by atoms with Crippen LogP contribution < -0.4 is 5.32 Å². The quantitative estimate of drug-likeness (QED) is 0.515. The number of amides is 2. The second-order valence-corrected chi connectivity index (χ2v) is 5.02. The van der Waals surface area contributed by atoms with E-state index < -0.39 is 23.5 Å². The van der Waals surface area contributed by atoms with Crippen molar-refractivity contribution < 1.29 is 24.9 Å². The van der Waals surface area contributed by atoms with Crippen molar-refractivity contribution in [3.63, 3.8) is 0 Å². The number of nitrogens with one attached hydrogen (secondary N) is 1. The van der Waals surface area contributed by atoms with Crippen molar-refractivity contribution in [1.82, 2.24) is 10.2 Å². The highest BCUT2D eigenvalue weighted by atomic mass is 16.4. The monoisotopic (exact) mass is 262 g/mol. The van der Waals surface area contributed by atoms with E-state index in [9.17, 15) is 9.59 Å². The van der Waals surface area contributed by atoms with Crippen LogP contribution in [0.3, 0.4) is 0 Å². The lowest BCUT2D eigenvalue weighted by Crippen LogP contribution is -2.54. The fourth-order valence-corrected chi connectivity index (χ4v) is 1.42. The van der Waals surface area contributed by atoms with E-state index in [1.165, 1.54) is 4.90 Å². The minimum atomic E-state index is -1.12. The molecular formula is C11H22N2O5. The predicted octanol–water partition coefficient (Wildman–Crippen LogP) is -0.518. The highest BCUT2D eigenvalue weighted by Gasteiger charge is 2.33. The van der Waals surface area contributed by atoms with E-state index in [2.05, 4.69) is 5.32 Å². The number of carbonyl (C=O) groups is 2. The van der Waals surface area contributed by atoms with Crippen LogP contribution in [-0.2, 0) is 4.79 Å². The minimum Gasteiger partial charge on any atom is -0.480 e. The summed E-state index contributed by atoms with van der Waals surface area (Å²) >= 11 is 0. The van der Waals surface area contributed by atoms with Crippen molar-refractivity contribution in [2.24, 2.45) is 5.41 Å². The maximum atomic E-state index is 11.8. The molecule has 2 amide bonds. The van der Waals surface area contributed by atoms with Crippen LogP contribution in [0.5, 0.6) is 0 Å². The normalized spacial score (nSPS) is 12.9. The van der Waals surface area contributed by atoms with Crippen molar-refractivity contribution in [2.45, 2.75) is 26.8 Å². The van der Waals surface area contributed by atoms with E-state index >= 15 is 0 Å². The zero-order valence-corrected chi connectivity index (χ0v) is 11.0. The first-order valence-electron chi connectivity index (χ1n) is 5.74. The second-order valence-electron chi connectivity index (χ2n) is 5.02. The molecule has 0 aromatic carbocycles. The third-order valence-corrected chi connectivity index (χ3v) is 2.41. The number of carbonyl (C=O) groups excluding carboxylic acids is 1. The van der Waals surface area contributed by atoms with E-state index in [1.807, 2.05) is 0 Å². The van der Waals surface area contributed by atoms with E-state index in [1.54, 1.807) is 20.8 Å². The Bertz CT molecular complexity index is 282. The van der Waals surface area contributed by atoms with Gasteiger partial charge in [0.2, 0.25) is 0 Å². The molecule has 0 fully saturated rings. The molecule has 0 aromatic rings. The Morgan fingerprint density at radius 3 is 1.89 bits per heavy atom. The zero-order chi connectivity index (χ0) is 14.3. The van der Waals surface area contributed by atoms with Gasteiger partial charge < -0.3 is 25.5 Å². The average Bonchev–Trinajstić information content (AvgIpc) is 2.23. The predicted molar refractivity (Wildman–Crippen MR) is 65.2 cm³/mol. The summed E-state index contributed by atoms with van der Waals surface area (Å²) in [5, 5.41) is 29.1. The summed E-state index contributed by atoms with van der Waals surface area (Å²) in [4.78, 5) is 24.1. The van der Waals surface area contributed by atoms with Crippen LogP contribution in [0.2, 0.25) is 0 Å². The Labute approximate surface area is 106 Å². The molecule has 0 unspecified atom stereocenters. The minimum absolute atomic E-state index is 0.0445. The molecule has 0 heterocycles. The van der Waals surface area contributed by atoms with Crippen molar-refractivity contribution in [2.75, 3.05) is 26.3 Å². The maximum absolute atomic E-state index is 11.8. The fourth-order valence-electron chi connectivity index (χ4n) is 1.42. The smallest absolute Gasteiger partial charge is 0.326 e. The fraction of sp³-hybridized carbons (Fsp3) is 0.818. The Morgan fingerprint density at radius 1 is 1.17 bits per heavy atom. The van der Waals surface area contributed by atoms with Crippen molar-refractivity contribution in [3.8, 4) is 0 Å². The van der Waals surface area contributed by atoms with Gasteiger partial charge in [-0.05, 0) is 5.41 Å². The number of carboxylic acids is 1. The summed E-state index contributed by atoms with van der Waals surface area (Å²) in [5.74, 6) is -1.12. The molecule has 0 saturated heterocycles. The Hall–Kier alpha value is -1.34. The topological polar surface area (TPSA) is 110 Å². The van der Waals surface area contributed by atoms with Crippen LogP contribution in [0.25, 0.3) is 0 Å². The molecule has 0 rings (SSSR count). The second kappa shape index (κ2) is 7.17. The van der Waals surface area contributed by atoms with Gasteiger partial charge in [0.15, 0.2) is 0 Å². The molecule has 1 atom stereocenters. The molecular weight excluding hydrogens is 240 g/mol. The van der Waals surface area contributed by atoms with Crippen molar-refractivity contribution >= 4 is 12.0 Å². The molecule has 7 nitrogen and oxygen atoms in total. The molecule has 4 N–H and O–H groups in total. The number of aliphatic carboxylic acids is 1. The lowest BCUT2D eigenvalue weighted by Gasteiger charge is -2.30. The first-order chi connectivity index (χ1) is 8.23. The Morgan fingerprint density at radius 2 is 1.61 bits per heavy atom. The Balaban J connectivity index is 4.71. The molecule has 0 aliphatic carbocycles. The molecule has 18 heavy (non-hydrogen) atoms. The number of urea groups is 1. The van der Waals surface area contributed by atoms with Gasteiger partial charge in [-0.25, -0.2) is 9.59 Å². The lowest BCUT2D eigenvalue weighted by atomic mass is 9.87. The molecule has 0 aliphatic rings. The number of carboxylic acid groups (broad SMARTS) is 1. The summed E-state index contributed by atoms with van der Waals surface area (Å²) in [6.45, 7) is 4.70. The van der Waals surface area contributed by atoms with E-state index in [0.717, 1.165) is 0 Å². The highest BCUT2D eigenvalue weighted by molar-refractivity contribution is 5.83. The van der Waals surface area contributed by atoms with E-state index in [-0.39, 0.29) is 26.3 Å². The van der Waals surface area contributed by atoms with Crippen molar-refractivity contribution in [1.29, 1.82) is 0 Å². The molecule has 0 aromatic heterocycles. The van der Waals surface area contributed by atoms with Gasteiger partial charge in [-0.2, -0.15) is 0 Å². The van der Waals surface area contributed by atoms with Gasteiger partial charge in [0, 0.05) is 13.1 Å². The number of rotatable bonds is 6. The van der Waals surface area contributed by atoms with Gasteiger partial charge in [-0.3, -0.25) is 0 Å². The van der Waals surface area contributed by atoms with Gasteiger partial charge in [-0.15, -0.1) is 0 Å². The average molecular weight is 262 g/mol. The molecule has 7 heteroatoms. The summed E-state index contributed by atoms with van der Waals surface area (Å²) in [5.41, 5.74) is -0.633. The zero-order valence-electron chi connectivity index (χ0n) is 11.0. The first kappa shape index (κ1) is 16.7. The van der Waals surface area contributed by atoms with Crippen LogP contribution in [0.4, 0.5) is 4.79 Å². The van der Waals surface area contributed by atoms with E-state index in [0.29, 0.717) is 0 Å². The summed E-state index contributed by atoms with van der Waals surface area (Å²) < 4.78 is 0. The largest absolute Gasteiger partial charge is 0.480 e. The van der Waals surface area contributed by atoms with Gasteiger partial charge in [0.1, 0.15) is 6.04 Å². The van der Waals surface area contributed by atoms with Crippen LogP contribution in [-0.4, -0.2) is 64.6 Å². The standard InChI is InChI=1S/C11H22N2O5/c1-11(2,3)8(9(16)17)12-10(18)13(4-6-14)5-7-15/h8,14-15H,4-7H2,1-3H3,(H,12,18)(H,16,17)/t8-/m1/s1. The number of nitrogens with zero attached hydrogens (tertiary/aromatic N) is 1. The van der Waals surface area contributed by atoms with Crippen LogP contribution in [0.1, 0.15) is 20.8 Å². The number of aliphatic hydroxyl groups is 2. The number of hydrogen-bond donors (Lipinski definition) is 4. The molecule has 0 aliphatic heterocycles. The van der Waals surface area contributed by atoms with Crippen LogP contribution in [0.15, 0.2) is 0 Å². The van der Waals surface area contributed by atoms with Gasteiger partial charge in [0.25, 0.3) is 0 Å². The van der Waals surface area contributed by atoms with E-state index in [4.69, 9.17) is 15.3 Å². The summed E-state index contributed by atoms with van der Waals surface area (Å²) in [6.07, 6.45) is 0. The summed E-state index contributed by atoms with van der Waals surface area (Å²) in [7, 11) is 0. The first-order valence-corrected chi connectivity index (χ1v) is 5.74. The lowest BCUT2D eigenvalue weighted by molar-refractivity contribution is -0.142. The van der Waals surface area contributed by atoms with Crippen LogP contribution in [0, 0.1) is 5.41 Å². The van der Waals surface area contributed by atoms with Crippen LogP contribution >= 0.6 is 0 Å². The third-order valence-electron chi connectivity index (χ3n) is 2.41. The third kappa shape index (κ3) is 5.33. The summed E-state index contributed by atoms with van der Waals surface area (Å²) in [6, 6.07) is -1.65. The van der Waals surface area contributed by atoms with Gasteiger partial charge in [-0.1, -0.05) is 20.8 Å². The van der Waals surface area contributed by atoms with Crippen molar-refractivity contribution in [3.05, 3.63) is 0 Å². The number of aliphatic hydroxyl groups excluding tert-OH is 2. The Kier molecular flexibility index (Phi) is 6.64. The number of hydrogen-bond acceptors (Lipinski definition) is 4. The highest BCUT2D eigenvalue weighted by Crippen LogP contribution is 2.19. The molecule has 0 spiro atoms. The SMILES string of the molecule is CC(C)(C)[C@H](NC(=O)N(CCO)CCO)C(=O)O. The van der Waals surface area contributed by atoms with Gasteiger partial charge >= 0.3 is 12.0 Å². The molecule has 0 radical (unpaired) electrons. The maximum Gasteiger partial charge on any atom is 0.326 e. The van der Waals surface area contributed by atoms with Gasteiger partial charge in [0.05, 0.1) is 13.2 Å². The molecule has 0 saturated carbocycles. The molecule has 0 bridgehead atoms. The molecule has 106 valence electrons.